The smallest absolute Gasteiger partial charge is 0.251 e. The standard InChI is InChI=1S/C17H25N3O2.ClH/c1-12(2)19-17(22)14-4-6-15(7-5-14)20-16(21)8-3-13-9-10-18-11-13;/h4-7,12-13,18H,3,8-11H2,1-2H3,(H,19,22)(H,20,21);1H. The maximum Gasteiger partial charge on any atom is 0.251 e. The summed E-state index contributed by atoms with van der Waals surface area (Å²) in [6.07, 6.45) is 2.63. The Morgan fingerprint density at radius 3 is 2.52 bits per heavy atom. The molecule has 1 aromatic carbocycles. The Labute approximate surface area is 144 Å². The number of benzene rings is 1. The van der Waals surface area contributed by atoms with E-state index < -0.39 is 0 Å². The SMILES string of the molecule is CC(C)NC(=O)c1ccc(NC(=O)CCC2CCNC2)cc1.Cl. The number of rotatable bonds is 6. The topological polar surface area (TPSA) is 70.2 Å². The molecule has 1 aliphatic rings. The molecule has 1 heterocycles. The number of hydrogen-bond donors (Lipinski definition) is 3. The van der Waals surface area contributed by atoms with Crippen LogP contribution in [0.3, 0.4) is 0 Å². The Morgan fingerprint density at radius 1 is 1.26 bits per heavy atom. The average molecular weight is 340 g/mol. The van der Waals surface area contributed by atoms with Gasteiger partial charge in [0.25, 0.3) is 5.91 Å². The van der Waals surface area contributed by atoms with Gasteiger partial charge in [0.05, 0.1) is 0 Å². The van der Waals surface area contributed by atoms with Gasteiger partial charge in [0.1, 0.15) is 0 Å². The number of carbonyl (C=O) groups excluding carboxylic acids is 2. The van der Waals surface area contributed by atoms with E-state index in [-0.39, 0.29) is 30.3 Å². The minimum absolute atomic E-state index is 0. The summed E-state index contributed by atoms with van der Waals surface area (Å²) >= 11 is 0. The molecule has 5 nitrogen and oxygen atoms in total. The van der Waals surface area contributed by atoms with E-state index in [1.165, 1.54) is 0 Å². The van der Waals surface area contributed by atoms with E-state index >= 15 is 0 Å². The molecule has 6 heteroatoms. The third kappa shape index (κ3) is 6.59. The van der Waals surface area contributed by atoms with Crippen molar-refractivity contribution >= 4 is 29.9 Å². The molecule has 0 bridgehead atoms. The summed E-state index contributed by atoms with van der Waals surface area (Å²) in [6, 6.07) is 7.11. The first-order chi connectivity index (χ1) is 10.5. The second-order valence-corrected chi connectivity index (χ2v) is 6.15. The molecular formula is C17H26ClN3O2. The highest BCUT2D eigenvalue weighted by atomic mass is 35.5. The summed E-state index contributed by atoms with van der Waals surface area (Å²) in [4.78, 5) is 23.8. The Bertz CT molecular complexity index is 511. The molecule has 1 atom stereocenters. The molecule has 1 saturated heterocycles. The van der Waals surface area contributed by atoms with Gasteiger partial charge in [-0.1, -0.05) is 0 Å². The van der Waals surface area contributed by atoms with Gasteiger partial charge >= 0.3 is 0 Å². The van der Waals surface area contributed by atoms with Crippen LogP contribution in [0.15, 0.2) is 24.3 Å². The first kappa shape index (κ1) is 19.5. The first-order valence-corrected chi connectivity index (χ1v) is 7.96. The first-order valence-electron chi connectivity index (χ1n) is 7.96. The Balaban J connectivity index is 0.00000264. The van der Waals surface area contributed by atoms with Crippen LogP contribution in [0.2, 0.25) is 0 Å². The summed E-state index contributed by atoms with van der Waals surface area (Å²) in [5, 5.41) is 9.03. The average Bonchev–Trinajstić information content (AvgIpc) is 2.98. The third-order valence-corrected chi connectivity index (χ3v) is 3.79. The molecule has 3 N–H and O–H groups in total. The number of halogens is 1. The van der Waals surface area contributed by atoms with Gasteiger partial charge in [-0.3, -0.25) is 9.59 Å². The zero-order valence-electron chi connectivity index (χ0n) is 13.7. The van der Waals surface area contributed by atoms with E-state index in [0.29, 0.717) is 17.9 Å². The summed E-state index contributed by atoms with van der Waals surface area (Å²) < 4.78 is 0. The molecule has 0 saturated carbocycles. The molecular weight excluding hydrogens is 314 g/mol. The molecule has 0 radical (unpaired) electrons. The Kier molecular flexibility index (Phi) is 8.06. The molecule has 1 unspecified atom stereocenters. The van der Waals surface area contributed by atoms with E-state index in [1.54, 1.807) is 24.3 Å². The van der Waals surface area contributed by atoms with Crippen LogP contribution in [0.5, 0.6) is 0 Å². The lowest BCUT2D eigenvalue weighted by Gasteiger charge is -2.10. The van der Waals surface area contributed by atoms with Gasteiger partial charge in [0.2, 0.25) is 5.91 Å². The minimum Gasteiger partial charge on any atom is -0.350 e. The summed E-state index contributed by atoms with van der Waals surface area (Å²) in [5.74, 6) is 0.556. The van der Waals surface area contributed by atoms with E-state index in [1.807, 2.05) is 13.8 Å². The minimum atomic E-state index is -0.0957. The van der Waals surface area contributed by atoms with Gasteiger partial charge in [-0.25, -0.2) is 0 Å². The van der Waals surface area contributed by atoms with Crippen molar-refractivity contribution in [3.63, 3.8) is 0 Å². The highest BCUT2D eigenvalue weighted by Gasteiger charge is 2.15. The fourth-order valence-corrected chi connectivity index (χ4v) is 2.57. The van der Waals surface area contributed by atoms with Gasteiger partial charge in [-0.2, -0.15) is 0 Å². The van der Waals surface area contributed by atoms with E-state index in [9.17, 15) is 9.59 Å². The molecule has 0 spiro atoms. The normalized spacial score (nSPS) is 16.7. The number of carbonyl (C=O) groups is 2. The van der Waals surface area contributed by atoms with Gasteiger partial charge in [-0.05, 0) is 70.0 Å². The fraction of sp³-hybridized carbons (Fsp3) is 0.529. The summed E-state index contributed by atoms with van der Waals surface area (Å²) in [7, 11) is 0. The second kappa shape index (κ2) is 9.53. The summed E-state index contributed by atoms with van der Waals surface area (Å²) in [5.41, 5.74) is 1.33. The van der Waals surface area contributed by atoms with Crippen molar-refractivity contribution in [2.24, 2.45) is 5.92 Å². The van der Waals surface area contributed by atoms with Crippen LogP contribution < -0.4 is 16.0 Å². The molecule has 23 heavy (non-hydrogen) atoms. The molecule has 0 aromatic heterocycles. The Morgan fingerprint density at radius 2 is 1.96 bits per heavy atom. The zero-order valence-corrected chi connectivity index (χ0v) is 14.5. The van der Waals surface area contributed by atoms with Crippen molar-refractivity contribution in [2.75, 3.05) is 18.4 Å². The monoisotopic (exact) mass is 339 g/mol. The van der Waals surface area contributed by atoms with Gasteiger partial charge in [0.15, 0.2) is 0 Å². The number of hydrogen-bond acceptors (Lipinski definition) is 3. The molecule has 2 amide bonds. The van der Waals surface area contributed by atoms with Crippen molar-refractivity contribution < 1.29 is 9.59 Å². The van der Waals surface area contributed by atoms with Crippen molar-refractivity contribution in [3.05, 3.63) is 29.8 Å². The number of anilines is 1. The molecule has 128 valence electrons. The largest absolute Gasteiger partial charge is 0.350 e. The number of amides is 2. The predicted molar refractivity (Wildman–Crippen MR) is 95.1 cm³/mol. The van der Waals surface area contributed by atoms with Crippen molar-refractivity contribution in [2.45, 2.75) is 39.2 Å². The van der Waals surface area contributed by atoms with Gasteiger partial charge in [-0.15, -0.1) is 12.4 Å². The molecule has 0 aliphatic carbocycles. The lowest BCUT2D eigenvalue weighted by Crippen LogP contribution is -2.30. The highest BCUT2D eigenvalue weighted by Crippen LogP contribution is 2.15. The van der Waals surface area contributed by atoms with E-state index in [4.69, 9.17) is 0 Å². The van der Waals surface area contributed by atoms with Crippen LogP contribution >= 0.6 is 12.4 Å². The Hall–Kier alpha value is -1.59. The van der Waals surface area contributed by atoms with Gasteiger partial charge in [0, 0.05) is 23.7 Å². The molecule has 2 rings (SSSR count). The number of nitrogens with one attached hydrogen (secondary N) is 3. The quantitative estimate of drug-likeness (QED) is 0.746. The maximum absolute atomic E-state index is 11.9. The second-order valence-electron chi connectivity index (χ2n) is 6.15. The lowest BCUT2D eigenvalue weighted by molar-refractivity contribution is -0.116. The van der Waals surface area contributed by atoms with Gasteiger partial charge < -0.3 is 16.0 Å². The highest BCUT2D eigenvalue weighted by molar-refractivity contribution is 5.95. The third-order valence-electron chi connectivity index (χ3n) is 3.79. The van der Waals surface area contributed by atoms with Crippen LogP contribution in [-0.4, -0.2) is 30.9 Å². The lowest BCUT2D eigenvalue weighted by atomic mass is 10.0. The van der Waals surface area contributed by atoms with Crippen LogP contribution in [0.4, 0.5) is 5.69 Å². The molecule has 1 aliphatic heterocycles. The van der Waals surface area contributed by atoms with Crippen molar-refractivity contribution in [1.82, 2.24) is 10.6 Å². The molecule has 1 aromatic rings. The van der Waals surface area contributed by atoms with Crippen LogP contribution in [0.1, 0.15) is 43.5 Å². The zero-order chi connectivity index (χ0) is 15.9. The molecule has 1 fully saturated rings. The van der Waals surface area contributed by atoms with Crippen LogP contribution in [-0.2, 0) is 4.79 Å². The predicted octanol–water partition coefficient (Wildman–Crippen LogP) is 2.57. The van der Waals surface area contributed by atoms with E-state index in [2.05, 4.69) is 16.0 Å². The maximum atomic E-state index is 11.9. The van der Waals surface area contributed by atoms with Crippen LogP contribution in [0.25, 0.3) is 0 Å². The van der Waals surface area contributed by atoms with E-state index in [0.717, 1.165) is 31.6 Å². The fourth-order valence-electron chi connectivity index (χ4n) is 2.57. The summed E-state index contributed by atoms with van der Waals surface area (Å²) in [6.45, 7) is 5.93. The van der Waals surface area contributed by atoms with Crippen LogP contribution in [0, 0.1) is 5.92 Å². The van der Waals surface area contributed by atoms with Crippen molar-refractivity contribution in [1.29, 1.82) is 0 Å². The van der Waals surface area contributed by atoms with Crippen molar-refractivity contribution in [3.8, 4) is 0 Å².